The van der Waals surface area contributed by atoms with Gasteiger partial charge in [0, 0.05) is 27.2 Å². The van der Waals surface area contributed by atoms with Crippen molar-refractivity contribution in [3.63, 3.8) is 0 Å². The largest absolute Gasteiger partial charge is 0.438 e. The van der Waals surface area contributed by atoms with E-state index in [1.165, 1.54) is 31.1 Å². The zero-order valence-corrected chi connectivity index (χ0v) is 12.5. The second-order valence-electron chi connectivity index (χ2n) is 5.38. The van der Waals surface area contributed by atoms with Crippen LogP contribution in [0.2, 0.25) is 0 Å². The Morgan fingerprint density at radius 1 is 1.45 bits per heavy atom. The van der Waals surface area contributed by atoms with Crippen molar-refractivity contribution in [1.29, 1.82) is 0 Å². The van der Waals surface area contributed by atoms with Crippen molar-refractivity contribution in [3.05, 3.63) is 17.9 Å². The van der Waals surface area contributed by atoms with Gasteiger partial charge in [0.2, 0.25) is 5.09 Å². The quantitative estimate of drug-likeness (QED) is 0.857. The normalized spacial score (nSPS) is 23.6. The van der Waals surface area contributed by atoms with Crippen LogP contribution < -0.4 is 0 Å². The summed E-state index contributed by atoms with van der Waals surface area (Å²) in [7, 11) is -0.918. The van der Waals surface area contributed by atoms with Crippen molar-refractivity contribution in [1.82, 2.24) is 9.21 Å². The van der Waals surface area contributed by atoms with Crippen molar-refractivity contribution in [2.75, 3.05) is 27.2 Å². The molecular formula is C12H18N2O5S. The van der Waals surface area contributed by atoms with E-state index >= 15 is 0 Å². The number of likely N-dealkylation sites (tertiary alicyclic amines) is 1. The maximum absolute atomic E-state index is 12.2. The third-order valence-electron chi connectivity index (χ3n) is 3.27. The Kier molecular flexibility index (Phi) is 3.66. The lowest BCUT2D eigenvalue weighted by molar-refractivity contribution is 0.0551. The fourth-order valence-corrected chi connectivity index (χ4v) is 2.82. The Morgan fingerprint density at radius 2 is 2.10 bits per heavy atom. The number of amides is 1. The van der Waals surface area contributed by atoms with Crippen LogP contribution >= 0.6 is 0 Å². The SMILES string of the molecule is CN(C)S(=O)(=O)c1ccc(C(=O)N2CCC(C)(O)C2)o1. The molecule has 112 valence electrons. The first kappa shape index (κ1) is 15.0. The molecule has 7 nitrogen and oxygen atoms in total. The fourth-order valence-electron chi connectivity index (χ4n) is 2.03. The van der Waals surface area contributed by atoms with E-state index < -0.39 is 21.5 Å². The summed E-state index contributed by atoms with van der Waals surface area (Å²) in [5, 5.41) is 9.57. The summed E-state index contributed by atoms with van der Waals surface area (Å²) in [5.74, 6) is -0.453. The minimum absolute atomic E-state index is 0.0388. The minimum Gasteiger partial charge on any atom is -0.438 e. The van der Waals surface area contributed by atoms with Crippen LogP contribution in [0.25, 0.3) is 0 Å². The van der Waals surface area contributed by atoms with E-state index in [9.17, 15) is 18.3 Å². The molecule has 1 saturated heterocycles. The van der Waals surface area contributed by atoms with Crippen LogP contribution in [0.3, 0.4) is 0 Å². The molecule has 1 aliphatic heterocycles. The van der Waals surface area contributed by atoms with Crippen LogP contribution in [0.15, 0.2) is 21.6 Å². The van der Waals surface area contributed by atoms with Crippen LogP contribution in [0.1, 0.15) is 23.9 Å². The first-order chi connectivity index (χ1) is 9.13. The molecule has 1 aromatic heterocycles. The molecule has 0 aliphatic carbocycles. The summed E-state index contributed by atoms with van der Waals surface area (Å²) in [6.45, 7) is 2.29. The van der Waals surface area contributed by atoms with Crippen molar-refractivity contribution in [2.45, 2.75) is 24.0 Å². The number of β-amino-alcohol motifs (C(OH)–C–C–N with tert-alkyl or cyclic N) is 1. The van der Waals surface area contributed by atoms with E-state index in [-0.39, 0.29) is 17.4 Å². The monoisotopic (exact) mass is 302 g/mol. The summed E-state index contributed by atoms with van der Waals surface area (Å²) in [4.78, 5) is 13.6. The third kappa shape index (κ3) is 2.72. The van der Waals surface area contributed by atoms with E-state index in [4.69, 9.17) is 4.42 Å². The highest BCUT2D eigenvalue weighted by Gasteiger charge is 2.35. The zero-order chi connectivity index (χ0) is 15.1. The molecule has 0 radical (unpaired) electrons. The van der Waals surface area contributed by atoms with E-state index in [2.05, 4.69) is 0 Å². The van der Waals surface area contributed by atoms with Gasteiger partial charge in [-0.25, -0.2) is 12.7 Å². The van der Waals surface area contributed by atoms with E-state index in [1.807, 2.05) is 0 Å². The van der Waals surface area contributed by atoms with Crippen LogP contribution in [0.4, 0.5) is 0 Å². The molecule has 0 aromatic carbocycles. The highest BCUT2D eigenvalue weighted by Crippen LogP contribution is 2.24. The lowest BCUT2D eigenvalue weighted by Gasteiger charge is -2.17. The van der Waals surface area contributed by atoms with Gasteiger partial charge >= 0.3 is 0 Å². The van der Waals surface area contributed by atoms with Crippen LogP contribution in [0, 0.1) is 0 Å². The van der Waals surface area contributed by atoms with Gasteiger partial charge in [-0.05, 0) is 25.5 Å². The predicted octanol–water partition coefficient (Wildman–Crippen LogP) is 0.127. The second kappa shape index (κ2) is 4.87. The zero-order valence-electron chi connectivity index (χ0n) is 11.7. The smallest absolute Gasteiger partial charge is 0.289 e. The molecule has 0 saturated carbocycles. The maximum atomic E-state index is 12.2. The fraction of sp³-hybridized carbons (Fsp3) is 0.583. The molecule has 1 unspecified atom stereocenters. The molecule has 1 amide bonds. The molecule has 0 bridgehead atoms. The van der Waals surface area contributed by atoms with E-state index in [1.54, 1.807) is 6.92 Å². The number of hydrogen-bond donors (Lipinski definition) is 1. The number of aliphatic hydroxyl groups is 1. The number of nitrogens with zero attached hydrogens (tertiary/aromatic N) is 2. The van der Waals surface area contributed by atoms with Crippen molar-refractivity contribution in [3.8, 4) is 0 Å². The Labute approximate surface area is 117 Å². The second-order valence-corrected chi connectivity index (χ2v) is 7.46. The van der Waals surface area contributed by atoms with Crippen molar-refractivity contribution in [2.24, 2.45) is 0 Å². The summed E-state index contributed by atoms with van der Waals surface area (Å²) >= 11 is 0. The van der Waals surface area contributed by atoms with Crippen LogP contribution in [-0.4, -0.2) is 61.4 Å². The number of carbonyl (C=O) groups excluding carboxylic acids is 1. The maximum Gasteiger partial charge on any atom is 0.289 e. The van der Waals surface area contributed by atoms with Crippen LogP contribution in [0.5, 0.6) is 0 Å². The Bertz CT molecular complexity index is 618. The van der Waals surface area contributed by atoms with Gasteiger partial charge in [-0.2, -0.15) is 0 Å². The topological polar surface area (TPSA) is 91.1 Å². The molecule has 20 heavy (non-hydrogen) atoms. The van der Waals surface area contributed by atoms with Crippen LogP contribution in [-0.2, 0) is 10.0 Å². The average Bonchev–Trinajstić information content (AvgIpc) is 2.94. The lowest BCUT2D eigenvalue weighted by atomic mass is 10.1. The first-order valence-electron chi connectivity index (χ1n) is 6.17. The van der Waals surface area contributed by atoms with Gasteiger partial charge in [0.15, 0.2) is 5.76 Å². The Balaban J connectivity index is 2.20. The number of furan rings is 1. The molecule has 1 aliphatic rings. The van der Waals surface area contributed by atoms with Crippen molar-refractivity contribution >= 4 is 15.9 Å². The van der Waals surface area contributed by atoms with Gasteiger partial charge in [0.05, 0.1) is 5.60 Å². The number of hydrogen-bond acceptors (Lipinski definition) is 5. The summed E-state index contributed by atoms with van der Waals surface area (Å²) in [5.41, 5.74) is -0.902. The molecule has 1 fully saturated rings. The van der Waals surface area contributed by atoms with E-state index in [0.717, 1.165) is 4.31 Å². The number of carbonyl (C=O) groups is 1. The number of rotatable bonds is 3. The van der Waals surface area contributed by atoms with Gasteiger partial charge in [-0.1, -0.05) is 0 Å². The minimum atomic E-state index is -3.69. The van der Waals surface area contributed by atoms with Crippen molar-refractivity contribution < 1.29 is 22.7 Å². The van der Waals surface area contributed by atoms with Gasteiger partial charge in [-0.15, -0.1) is 0 Å². The molecule has 2 heterocycles. The molecule has 1 atom stereocenters. The molecule has 1 aromatic rings. The Hall–Kier alpha value is -1.38. The predicted molar refractivity (Wildman–Crippen MR) is 70.7 cm³/mol. The highest BCUT2D eigenvalue weighted by molar-refractivity contribution is 7.88. The number of sulfonamides is 1. The summed E-state index contributed by atoms with van der Waals surface area (Å²) < 4.78 is 29.9. The third-order valence-corrected chi connectivity index (χ3v) is 4.96. The first-order valence-corrected chi connectivity index (χ1v) is 7.61. The Morgan fingerprint density at radius 3 is 2.60 bits per heavy atom. The van der Waals surface area contributed by atoms with E-state index in [0.29, 0.717) is 13.0 Å². The van der Waals surface area contributed by atoms with Gasteiger partial charge in [-0.3, -0.25) is 4.79 Å². The van der Waals surface area contributed by atoms with Gasteiger partial charge in [0.25, 0.3) is 15.9 Å². The molecular weight excluding hydrogens is 284 g/mol. The highest BCUT2D eigenvalue weighted by atomic mass is 32.2. The summed E-state index contributed by atoms with van der Waals surface area (Å²) in [6, 6.07) is 2.60. The molecule has 1 N–H and O–H groups in total. The molecule has 8 heteroatoms. The average molecular weight is 302 g/mol. The molecule has 0 spiro atoms. The molecule has 2 rings (SSSR count). The summed E-state index contributed by atoms with van der Waals surface area (Å²) in [6.07, 6.45) is 0.488. The van der Waals surface area contributed by atoms with Gasteiger partial charge < -0.3 is 14.4 Å². The van der Waals surface area contributed by atoms with Gasteiger partial charge in [0.1, 0.15) is 0 Å². The standard InChI is InChI=1S/C12H18N2O5S/c1-12(16)6-7-14(8-12)11(15)9-4-5-10(19-9)20(17,18)13(2)3/h4-5,16H,6-8H2,1-3H3. The lowest BCUT2D eigenvalue weighted by Crippen LogP contribution is -2.33.